The Balaban J connectivity index is 0.0000000988. The van der Waals surface area contributed by atoms with E-state index in [2.05, 4.69) is 447 Å². The monoisotopic (exact) mass is 1760 g/mol. The molecule has 0 N–H and O–H groups in total. The first-order valence-electron chi connectivity index (χ1n) is 45.5. The zero-order valence-electron chi connectivity index (χ0n) is 72.9. The third kappa shape index (κ3) is 10.7. The molecular formula is C122H82N4S4Si. The molecule has 0 saturated heterocycles. The van der Waals surface area contributed by atoms with E-state index in [-0.39, 0.29) is 10.8 Å². The lowest BCUT2D eigenvalue weighted by Gasteiger charge is -2.28. The second kappa shape index (κ2) is 27.8. The second-order valence-electron chi connectivity index (χ2n) is 37.7. The summed E-state index contributed by atoms with van der Waals surface area (Å²) in [4.78, 5) is 0. The maximum Gasteiger partial charge on any atom is 0.114 e. The van der Waals surface area contributed by atoms with Crippen molar-refractivity contribution >= 4 is 232 Å². The van der Waals surface area contributed by atoms with Crippen LogP contribution in [0.5, 0.6) is 0 Å². The van der Waals surface area contributed by atoms with Gasteiger partial charge in [0.25, 0.3) is 0 Å². The first kappa shape index (κ1) is 75.5. The quantitative estimate of drug-likeness (QED) is 0.135. The topological polar surface area (TPSA) is 19.7 Å². The molecule has 8 aromatic heterocycles. The van der Waals surface area contributed by atoms with Gasteiger partial charge in [-0.2, -0.15) is 0 Å². The van der Waals surface area contributed by atoms with Crippen molar-refractivity contribution in [2.45, 2.75) is 51.6 Å². The minimum absolute atomic E-state index is 0.111. The van der Waals surface area contributed by atoms with Crippen LogP contribution in [-0.4, -0.2) is 26.3 Å². The van der Waals surface area contributed by atoms with Crippen LogP contribution < -0.4 is 10.4 Å². The molecule has 4 nitrogen and oxygen atoms in total. The minimum Gasteiger partial charge on any atom is -0.309 e. The number of fused-ring (bicyclic) bond motifs is 6. The predicted octanol–water partition coefficient (Wildman–Crippen LogP) is 34.0. The molecule has 0 unspecified atom stereocenters. The second-order valence-corrected chi connectivity index (χ2v) is 46.3. The third-order valence-corrected chi connectivity index (χ3v) is 37.6. The van der Waals surface area contributed by atoms with Crippen LogP contribution in [-0.2, 0) is 10.8 Å². The zero-order chi connectivity index (χ0) is 86.8. The first-order valence-corrected chi connectivity index (χ1v) is 51.8. The molecule has 9 heterocycles. The third-order valence-electron chi connectivity index (χ3n) is 29.6. The largest absolute Gasteiger partial charge is 0.309 e. The fourth-order valence-corrected chi connectivity index (χ4v) is 31.5. The van der Waals surface area contributed by atoms with E-state index in [0.29, 0.717) is 0 Å². The molecule has 3 aliphatic rings. The number of benzene rings is 19. The molecule has 27 aromatic rings. The van der Waals surface area contributed by atoms with Crippen LogP contribution in [0.4, 0.5) is 0 Å². The lowest BCUT2D eigenvalue weighted by atomic mass is 9.75. The van der Waals surface area contributed by atoms with Crippen LogP contribution in [0.2, 0.25) is 13.1 Å². The number of hydrogen-bond acceptors (Lipinski definition) is 4. The Kier molecular flexibility index (Phi) is 16.0. The summed E-state index contributed by atoms with van der Waals surface area (Å²) >= 11 is 7.82. The fraction of sp³-hybridized carbons (Fsp3) is 0.0656. The van der Waals surface area contributed by atoms with Gasteiger partial charge >= 0.3 is 0 Å². The Morgan fingerprint density at radius 3 is 1.08 bits per heavy atom. The van der Waals surface area contributed by atoms with Crippen LogP contribution in [0.3, 0.4) is 0 Å². The smallest absolute Gasteiger partial charge is 0.114 e. The number of para-hydroxylation sites is 4. The number of hydrogen-bond donors (Lipinski definition) is 0. The van der Waals surface area contributed by atoms with E-state index < -0.39 is 8.07 Å². The first-order chi connectivity index (χ1) is 64.2. The van der Waals surface area contributed by atoms with E-state index in [0.717, 1.165) is 0 Å². The van der Waals surface area contributed by atoms with E-state index in [1.54, 1.807) is 10.4 Å². The molecule has 19 aromatic carbocycles. The van der Waals surface area contributed by atoms with Crippen LogP contribution in [0.15, 0.2) is 388 Å². The van der Waals surface area contributed by atoms with Gasteiger partial charge in [-0.3, -0.25) is 0 Å². The summed E-state index contributed by atoms with van der Waals surface area (Å²) in [6.45, 7) is 14.8. The predicted molar refractivity (Wildman–Crippen MR) is 571 cm³/mol. The van der Waals surface area contributed by atoms with Crippen molar-refractivity contribution in [3.63, 3.8) is 0 Å². The highest BCUT2D eigenvalue weighted by molar-refractivity contribution is 7.29. The number of rotatable bonds is 8. The Bertz CT molecular complexity index is 9270. The molecule has 131 heavy (non-hydrogen) atoms. The Morgan fingerprint density at radius 2 is 0.527 bits per heavy atom. The molecule has 0 bridgehead atoms. The highest BCUT2D eigenvalue weighted by Crippen LogP contribution is 2.58. The van der Waals surface area contributed by atoms with E-state index in [1.807, 2.05) is 45.3 Å². The van der Waals surface area contributed by atoms with Gasteiger partial charge in [-0.1, -0.05) is 265 Å². The van der Waals surface area contributed by atoms with E-state index in [1.165, 1.54) is 257 Å². The van der Waals surface area contributed by atoms with Gasteiger partial charge in [0.2, 0.25) is 0 Å². The van der Waals surface area contributed by atoms with Crippen molar-refractivity contribution in [1.29, 1.82) is 0 Å². The van der Waals surface area contributed by atoms with E-state index in [9.17, 15) is 0 Å². The van der Waals surface area contributed by atoms with Gasteiger partial charge in [0.1, 0.15) is 8.07 Å². The van der Waals surface area contributed by atoms with Crippen molar-refractivity contribution in [3.05, 3.63) is 411 Å². The number of aromatic nitrogens is 4. The lowest BCUT2D eigenvalue weighted by molar-refractivity contribution is 0.655. The maximum atomic E-state index is 2.57. The van der Waals surface area contributed by atoms with Gasteiger partial charge in [-0.05, 0) is 246 Å². The van der Waals surface area contributed by atoms with E-state index in [4.69, 9.17) is 0 Å². The van der Waals surface area contributed by atoms with Gasteiger partial charge in [0.05, 0.1) is 44.1 Å². The summed E-state index contributed by atoms with van der Waals surface area (Å²) in [5.41, 5.74) is 30.1. The maximum absolute atomic E-state index is 2.57. The molecule has 0 saturated carbocycles. The average Bonchev–Trinajstić information content (AvgIpc) is 1.52. The molecule has 0 atom stereocenters. The number of thiophene rings is 4. The Labute approximate surface area is 772 Å². The zero-order valence-corrected chi connectivity index (χ0v) is 77.1. The van der Waals surface area contributed by atoms with Crippen LogP contribution in [0.25, 0.3) is 235 Å². The molecular weight excluding hydrogens is 1680 g/mol. The van der Waals surface area contributed by atoms with Crippen molar-refractivity contribution in [2.24, 2.45) is 0 Å². The van der Waals surface area contributed by atoms with Crippen LogP contribution in [0, 0.1) is 0 Å². The Hall–Kier alpha value is -14.5. The molecule has 0 spiro atoms. The summed E-state index contributed by atoms with van der Waals surface area (Å²) in [6.07, 6.45) is 0. The summed E-state index contributed by atoms with van der Waals surface area (Å²) in [5, 5.41) is 25.6. The molecule has 0 fully saturated rings. The van der Waals surface area contributed by atoms with Gasteiger partial charge in [0, 0.05) is 152 Å². The molecule has 1 aliphatic heterocycles. The summed E-state index contributed by atoms with van der Waals surface area (Å²) in [6, 6.07) is 144. The van der Waals surface area contributed by atoms with Crippen LogP contribution >= 0.6 is 45.3 Å². The van der Waals surface area contributed by atoms with Gasteiger partial charge in [0.15, 0.2) is 0 Å². The van der Waals surface area contributed by atoms with Crippen molar-refractivity contribution in [2.75, 3.05) is 0 Å². The van der Waals surface area contributed by atoms with Crippen molar-refractivity contribution in [3.8, 4) is 67.3 Å². The molecule has 9 heteroatoms. The fourth-order valence-electron chi connectivity index (χ4n) is 23.6. The molecule has 30 rings (SSSR count). The van der Waals surface area contributed by atoms with Crippen LogP contribution in [0.1, 0.15) is 49.9 Å². The van der Waals surface area contributed by atoms with Crippen molar-refractivity contribution < 1.29 is 0 Å². The van der Waals surface area contributed by atoms with Gasteiger partial charge in [-0.25, -0.2) is 0 Å². The Morgan fingerprint density at radius 1 is 0.183 bits per heavy atom. The highest BCUT2D eigenvalue weighted by atomic mass is 32.1. The average molecular weight is 1760 g/mol. The standard InChI is InChI=1S/C45H32N2.C39H25NS2.C38H25NS2Si/c1-45(2)35-21-11-22-37-41(35)42-36(45)25-26-40-44(42)43-38(46(37)33-19-9-17-31(27-33)29-13-5-3-6-14-29)23-12-24-39(43)47(40)34-20-10-18-32(28-34)30-15-7-4-8-16-30;1-39(2)27-12-8-14-31-35(27)37-32(41-31)17-18-33-38(37)36-28(39)20-23(21-34(36)42-33)22-15-16-30-26(19-22)25-11-6-7-13-29(25)40(30)24-9-4-3-5-10-24;1-42(2)33-14-8-13-29-35(33)37-30(40-29)17-18-31-38(37)36-32(41-31)20-23(21-34(36)42)22-15-16-28-26(19-22)25-11-6-7-12-27(25)39(28)24-9-4-3-5-10-24/h3-28H,1-2H3;2*3-21H,1-2H3. The highest BCUT2D eigenvalue weighted by Gasteiger charge is 2.40. The van der Waals surface area contributed by atoms with Gasteiger partial charge < -0.3 is 18.3 Å². The summed E-state index contributed by atoms with van der Waals surface area (Å²) in [5.74, 6) is 0. The minimum atomic E-state index is -2.01. The van der Waals surface area contributed by atoms with Crippen molar-refractivity contribution in [1.82, 2.24) is 18.3 Å². The molecule has 0 amide bonds. The number of nitrogens with zero attached hydrogens (tertiary/aromatic N) is 4. The SMILES string of the molecule is CC1(C)c2ccc3c4c2c2c1cccc2n(-c1cccc(-c2ccccc2)c1)c1cccc(c41)n3-c1cccc(-c2ccccc2)c1.CC1(C)c2cccc3sc4ccc5sc6cc(-c7ccc8c(c7)c7ccccc7n8-c7ccccc7)cc1c6c5c4c23.C[Si]1(C)c2cccc3sc4ccc5sc6cc(-c7ccc8c(c7)c7ccccc7n8-c7ccccc7)cc1c6c5c4c23. The van der Waals surface area contributed by atoms with E-state index >= 15 is 0 Å². The molecule has 2 aliphatic carbocycles. The lowest BCUT2D eigenvalue weighted by Crippen LogP contribution is -2.53. The van der Waals surface area contributed by atoms with Gasteiger partial charge in [-0.15, -0.1) is 45.3 Å². The summed E-state index contributed by atoms with van der Waals surface area (Å²) in [7, 11) is -2.01. The summed E-state index contributed by atoms with van der Waals surface area (Å²) < 4.78 is 21.1. The molecule has 0 radical (unpaired) electrons. The normalized spacial score (nSPS) is 13.9. The molecule has 618 valence electrons.